The molecule has 0 aromatic heterocycles. The Labute approximate surface area is 175 Å². The maximum Gasteiger partial charge on any atom is 0.387 e. The van der Waals surface area contributed by atoms with Crippen molar-refractivity contribution in [1.29, 1.82) is 0 Å². The summed E-state index contributed by atoms with van der Waals surface area (Å²) in [6, 6.07) is 12.3. The second-order valence-corrected chi connectivity index (χ2v) is 6.60. The van der Waals surface area contributed by atoms with E-state index in [0.717, 1.165) is 11.1 Å². The number of rotatable bonds is 9. The third-order valence-corrected chi connectivity index (χ3v) is 4.17. The summed E-state index contributed by atoms with van der Waals surface area (Å²) in [4.78, 5) is 16.5. The highest BCUT2D eigenvalue weighted by molar-refractivity contribution is 5.94. The molecular formula is C22H28F2N4O2. The van der Waals surface area contributed by atoms with Gasteiger partial charge in [0, 0.05) is 30.8 Å². The smallest absolute Gasteiger partial charge is 0.387 e. The number of amides is 1. The molecule has 0 atom stereocenters. The van der Waals surface area contributed by atoms with Crippen LogP contribution >= 0.6 is 0 Å². The van der Waals surface area contributed by atoms with Crippen LogP contribution < -0.4 is 20.7 Å². The van der Waals surface area contributed by atoms with E-state index in [0.29, 0.717) is 36.7 Å². The van der Waals surface area contributed by atoms with E-state index in [1.165, 1.54) is 6.07 Å². The van der Waals surface area contributed by atoms with Gasteiger partial charge >= 0.3 is 6.61 Å². The fourth-order valence-electron chi connectivity index (χ4n) is 2.82. The molecule has 0 saturated heterocycles. The molecule has 30 heavy (non-hydrogen) atoms. The van der Waals surface area contributed by atoms with Crippen LogP contribution in [-0.2, 0) is 13.1 Å². The number of alkyl halides is 2. The molecule has 8 heteroatoms. The van der Waals surface area contributed by atoms with E-state index in [-0.39, 0.29) is 18.2 Å². The molecule has 0 saturated carbocycles. The lowest BCUT2D eigenvalue weighted by molar-refractivity contribution is -0.0504. The third kappa shape index (κ3) is 7.35. The Morgan fingerprint density at radius 3 is 2.53 bits per heavy atom. The van der Waals surface area contributed by atoms with Crippen molar-refractivity contribution in [2.75, 3.05) is 13.1 Å². The number of hydrogen-bond donors (Lipinski definition) is 3. The quantitative estimate of drug-likeness (QED) is 0.430. The summed E-state index contributed by atoms with van der Waals surface area (Å²) in [5.74, 6) is 0.540. The molecule has 6 nitrogen and oxygen atoms in total. The summed E-state index contributed by atoms with van der Waals surface area (Å²) in [6.45, 7) is 4.63. The van der Waals surface area contributed by atoms with E-state index in [1.807, 2.05) is 32.9 Å². The van der Waals surface area contributed by atoms with Crippen molar-refractivity contribution in [2.24, 2.45) is 4.99 Å². The summed E-state index contributed by atoms with van der Waals surface area (Å²) in [7, 11) is 0. The average Bonchev–Trinajstić information content (AvgIpc) is 2.72. The molecular weight excluding hydrogens is 390 g/mol. The second-order valence-electron chi connectivity index (χ2n) is 6.60. The van der Waals surface area contributed by atoms with E-state index >= 15 is 0 Å². The largest absolute Gasteiger partial charge is 0.434 e. The van der Waals surface area contributed by atoms with Crippen LogP contribution in [0.3, 0.4) is 0 Å². The summed E-state index contributed by atoms with van der Waals surface area (Å²) in [6.07, 6.45) is 0. The second kappa shape index (κ2) is 11.7. The first kappa shape index (κ1) is 23.1. The minimum absolute atomic E-state index is 0.126. The van der Waals surface area contributed by atoms with Crippen molar-refractivity contribution in [3.63, 3.8) is 0 Å². The molecule has 2 rings (SSSR count). The molecule has 0 aliphatic carbocycles. The van der Waals surface area contributed by atoms with Crippen LogP contribution in [0.2, 0.25) is 0 Å². The summed E-state index contributed by atoms with van der Waals surface area (Å²) in [5.41, 5.74) is 3.01. The molecule has 162 valence electrons. The van der Waals surface area contributed by atoms with Gasteiger partial charge in [-0.3, -0.25) is 4.79 Å². The van der Waals surface area contributed by atoms with Gasteiger partial charge in [0.1, 0.15) is 5.75 Å². The highest BCUT2D eigenvalue weighted by atomic mass is 19.3. The van der Waals surface area contributed by atoms with Crippen LogP contribution in [0.4, 0.5) is 8.78 Å². The molecule has 0 heterocycles. The van der Waals surface area contributed by atoms with Gasteiger partial charge in [-0.1, -0.05) is 29.8 Å². The molecule has 0 spiro atoms. The van der Waals surface area contributed by atoms with E-state index in [1.54, 1.807) is 24.3 Å². The van der Waals surface area contributed by atoms with Crippen LogP contribution in [0.15, 0.2) is 47.5 Å². The van der Waals surface area contributed by atoms with Crippen molar-refractivity contribution in [2.45, 2.75) is 40.5 Å². The van der Waals surface area contributed by atoms with Crippen molar-refractivity contribution in [3.8, 4) is 5.75 Å². The lowest BCUT2D eigenvalue weighted by Gasteiger charge is -2.15. The Balaban J connectivity index is 2.10. The van der Waals surface area contributed by atoms with Crippen molar-refractivity contribution in [1.82, 2.24) is 16.0 Å². The van der Waals surface area contributed by atoms with Gasteiger partial charge < -0.3 is 20.7 Å². The van der Waals surface area contributed by atoms with Gasteiger partial charge in [-0.15, -0.1) is 0 Å². The number of carbonyl (C=O) groups is 1. The summed E-state index contributed by atoms with van der Waals surface area (Å²) >= 11 is 0. The third-order valence-electron chi connectivity index (χ3n) is 4.17. The SMILES string of the molecule is CCNC(=O)c1cccc(CN=C(NCC)NCc2cc(C)ccc2OC(F)F)c1. The number of ether oxygens (including phenoxy) is 1. The summed E-state index contributed by atoms with van der Waals surface area (Å²) in [5, 5.41) is 9.04. The molecule has 0 fully saturated rings. The average molecular weight is 418 g/mol. The Morgan fingerprint density at radius 1 is 1.07 bits per heavy atom. The molecule has 0 aliphatic heterocycles. The number of aryl methyl sites for hydroxylation is 1. The zero-order chi connectivity index (χ0) is 21.9. The minimum Gasteiger partial charge on any atom is -0.434 e. The van der Waals surface area contributed by atoms with Gasteiger partial charge in [-0.25, -0.2) is 4.99 Å². The molecule has 0 aliphatic rings. The number of guanidine groups is 1. The van der Waals surface area contributed by atoms with Crippen molar-refractivity contribution >= 4 is 11.9 Å². The zero-order valence-corrected chi connectivity index (χ0v) is 17.5. The number of nitrogens with one attached hydrogen (secondary N) is 3. The van der Waals surface area contributed by atoms with E-state index < -0.39 is 6.61 Å². The monoisotopic (exact) mass is 418 g/mol. The number of carbonyl (C=O) groups excluding carboxylic acids is 1. The number of hydrogen-bond acceptors (Lipinski definition) is 3. The molecule has 2 aromatic rings. The normalized spacial score (nSPS) is 11.3. The fraction of sp³-hybridized carbons (Fsp3) is 0.364. The van der Waals surface area contributed by atoms with Crippen LogP contribution in [0, 0.1) is 6.92 Å². The van der Waals surface area contributed by atoms with E-state index in [9.17, 15) is 13.6 Å². The Hall–Kier alpha value is -3.16. The molecule has 1 amide bonds. The highest BCUT2D eigenvalue weighted by Gasteiger charge is 2.11. The van der Waals surface area contributed by atoms with Crippen LogP contribution in [0.1, 0.15) is 40.9 Å². The van der Waals surface area contributed by atoms with Gasteiger partial charge in [-0.05, 0) is 44.5 Å². The van der Waals surface area contributed by atoms with Crippen LogP contribution in [0.25, 0.3) is 0 Å². The fourth-order valence-corrected chi connectivity index (χ4v) is 2.82. The molecule has 0 bridgehead atoms. The van der Waals surface area contributed by atoms with Gasteiger partial charge in [0.05, 0.1) is 6.54 Å². The van der Waals surface area contributed by atoms with Crippen LogP contribution in [0.5, 0.6) is 5.75 Å². The standard InChI is InChI=1S/C22H28F2N4O2/c1-4-25-20(29)17-8-6-7-16(12-17)13-27-22(26-5-2)28-14-18-11-15(3)9-10-19(18)30-21(23)24/h6-12,21H,4-5,13-14H2,1-3H3,(H,25,29)(H2,26,27,28). The van der Waals surface area contributed by atoms with Gasteiger partial charge in [0.15, 0.2) is 5.96 Å². The van der Waals surface area contributed by atoms with Crippen LogP contribution in [-0.4, -0.2) is 31.6 Å². The topological polar surface area (TPSA) is 74.8 Å². The Morgan fingerprint density at radius 2 is 1.83 bits per heavy atom. The first-order chi connectivity index (χ1) is 14.4. The predicted octanol–water partition coefficient (Wildman–Crippen LogP) is 3.60. The molecule has 2 aromatic carbocycles. The van der Waals surface area contributed by atoms with Gasteiger partial charge in [-0.2, -0.15) is 8.78 Å². The Kier molecular flexibility index (Phi) is 9.05. The molecule has 3 N–H and O–H groups in total. The summed E-state index contributed by atoms with van der Waals surface area (Å²) < 4.78 is 29.9. The first-order valence-corrected chi connectivity index (χ1v) is 9.86. The van der Waals surface area contributed by atoms with Gasteiger partial charge in [0.2, 0.25) is 0 Å². The lowest BCUT2D eigenvalue weighted by Crippen LogP contribution is -2.37. The maximum absolute atomic E-state index is 12.7. The van der Waals surface area contributed by atoms with Crippen molar-refractivity contribution in [3.05, 3.63) is 64.7 Å². The predicted molar refractivity (Wildman–Crippen MR) is 114 cm³/mol. The first-order valence-electron chi connectivity index (χ1n) is 9.86. The highest BCUT2D eigenvalue weighted by Crippen LogP contribution is 2.22. The number of benzene rings is 2. The zero-order valence-electron chi connectivity index (χ0n) is 17.5. The van der Waals surface area contributed by atoms with E-state index in [4.69, 9.17) is 0 Å². The Bertz CT molecular complexity index is 872. The number of halogens is 2. The van der Waals surface area contributed by atoms with E-state index in [2.05, 4.69) is 25.7 Å². The minimum atomic E-state index is -2.88. The molecule has 0 unspecified atom stereocenters. The maximum atomic E-state index is 12.7. The number of nitrogens with zero attached hydrogens (tertiary/aromatic N) is 1. The number of aliphatic imine (C=N–C) groups is 1. The lowest BCUT2D eigenvalue weighted by atomic mass is 10.1. The van der Waals surface area contributed by atoms with Gasteiger partial charge in [0.25, 0.3) is 5.91 Å². The van der Waals surface area contributed by atoms with Crippen molar-refractivity contribution < 1.29 is 18.3 Å². The molecule has 0 radical (unpaired) electrons.